The molecule has 0 spiro atoms. The van der Waals surface area contributed by atoms with Crippen molar-refractivity contribution in [2.45, 2.75) is 44.6 Å². The lowest BCUT2D eigenvalue weighted by molar-refractivity contribution is 0.309. The second-order valence-corrected chi connectivity index (χ2v) is 12.0. The van der Waals surface area contributed by atoms with Crippen LogP contribution in [-0.4, -0.2) is 41.0 Å². The van der Waals surface area contributed by atoms with Gasteiger partial charge in [0.1, 0.15) is 32.4 Å². The molecule has 5 rings (SSSR count). The van der Waals surface area contributed by atoms with Crippen molar-refractivity contribution in [2.24, 2.45) is 5.41 Å². The molecule has 0 aliphatic heterocycles. The number of nitriles is 3. The molecule has 2 N–H and O–H groups in total. The first-order valence-electron chi connectivity index (χ1n) is 13.3. The van der Waals surface area contributed by atoms with Gasteiger partial charge in [0.15, 0.2) is 0 Å². The lowest BCUT2D eigenvalue weighted by Gasteiger charge is -2.31. The van der Waals surface area contributed by atoms with Gasteiger partial charge >= 0.3 is 0 Å². The maximum absolute atomic E-state index is 13.9. The molecule has 1 fully saturated rings. The third-order valence-corrected chi connectivity index (χ3v) is 7.54. The fourth-order valence-corrected chi connectivity index (χ4v) is 4.85. The lowest BCUT2D eigenvalue weighted by Crippen LogP contribution is -2.38. The standard InChI is InChI=1S/C30H29BFN9/c1-28(2,3)18-37-27-21(14-35)15-36-26-20(13-34)10-23(11-24(26)27)38-30(31,22-6-4-5-19(9-22)12-33)25-16-41(40-39-25)29(17-32)7-8-29/h4-6,9-11,15-16,38H,7-8,17-18,31H2,1-3H3,(H,36,37). The van der Waals surface area contributed by atoms with E-state index in [9.17, 15) is 20.2 Å². The highest BCUT2D eigenvalue weighted by Gasteiger charge is 2.47. The maximum atomic E-state index is 13.9. The van der Waals surface area contributed by atoms with Gasteiger partial charge in [0.2, 0.25) is 0 Å². The predicted octanol–water partition coefficient (Wildman–Crippen LogP) is 4.30. The molecule has 2 aromatic heterocycles. The fraction of sp³-hybridized carbons (Fsp3) is 0.333. The van der Waals surface area contributed by atoms with Crippen molar-refractivity contribution in [3.05, 3.63) is 76.7 Å². The molecule has 41 heavy (non-hydrogen) atoms. The minimum atomic E-state index is -1.02. The van der Waals surface area contributed by atoms with Crippen molar-refractivity contribution in [3.8, 4) is 18.2 Å². The van der Waals surface area contributed by atoms with E-state index in [-0.39, 0.29) is 5.41 Å². The first-order valence-corrected chi connectivity index (χ1v) is 13.3. The van der Waals surface area contributed by atoms with Crippen LogP contribution in [0.3, 0.4) is 0 Å². The van der Waals surface area contributed by atoms with Gasteiger partial charge in [0.25, 0.3) is 0 Å². The summed E-state index contributed by atoms with van der Waals surface area (Å²) in [7, 11) is 1.91. The Bertz CT molecular complexity index is 1770. The Morgan fingerprint density at radius 2 is 1.83 bits per heavy atom. The molecule has 0 radical (unpaired) electrons. The molecule has 1 aliphatic rings. The monoisotopic (exact) mass is 545 g/mol. The summed E-state index contributed by atoms with van der Waals surface area (Å²) < 4.78 is 15.4. The van der Waals surface area contributed by atoms with Crippen LogP contribution < -0.4 is 10.6 Å². The number of rotatable bonds is 8. The Hall–Kier alpha value is -4.95. The van der Waals surface area contributed by atoms with E-state index in [0.717, 1.165) is 5.56 Å². The van der Waals surface area contributed by atoms with Crippen LogP contribution >= 0.6 is 0 Å². The summed E-state index contributed by atoms with van der Waals surface area (Å²) in [4.78, 5) is 4.44. The van der Waals surface area contributed by atoms with Crippen LogP contribution in [0.4, 0.5) is 15.8 Å². The number of aromatic nitrogens is 4. The van der Waals surface area contributed by atoms with Crippen molar-refractivity contribution >= 4 is 30.1 Å². The molecule has 0 saturated heterocycles. The molecule has 11 heteroatoms. The quantitative estimate of drug-likeness (QED) is 0.313. The number of benzene rings is 2. The Kier molecular flexibility index (Phi) is 6.89. The van der Waals surface area contributed by atoms with E-state index in [0.29, 0.717) is 64.0 Å². The Balaban J connectivity index is 1.67. The van der Waals surface area contributed by atoms with E-state index in [1.807, 2.05) is 20.0 Å². The summed E-state index contributed by atoms with van der Waals surface area (Å²) in [5.41, 5.74) is 2.36. The molecule has 204 valence electrons. The SMILES string of the molecule is BC(Nc1cc(C#N)c2ncc(C#N)c(NCC(C)(C)C)c2c1)(c1cccc(C#N)c1)c1cn(C2(CF)CC2)nn1. The van der Waals surface area contributed by atoms with E-state index in [4.69, 9.17) is 0 Å². The summed E-state index contributed by atoms with van der Waals surface area (Å²) in [6.07, 6.45) is 4.61. The lowest BCUT2D eigenvalue weighted by atomic mass is 9.69. The van der Waals surface area contributed by atoms with Crippen molar-refractivity contribution < 1.29 is 4.39 Å². The third-order valence-electron chi connectivity index (χ3n) is 7.54. The zero-order valence-corrected chi connectivity index (χ0v) is 23.5. The van der Waals surface area contributed by atoms with Crippen LogP contribution in [0.15, 0.2) is 48.8 Å². The second-order valence-electron chi connectivity index (χ2n) is 12.0. The molecule has 4 aromatic rings. The number of alkyl halides is 1. The highest BCUT2D eigenvalue weighted by atomic mass is 19.1. The smallest absolute Gasteiger partial charge is 0.148 e. The van der Waals surface area contributed by atoms with Crippen LogP contribution in [0.1, 0.15) is 61.6 Å². The molecule has 2 aromatic carbocycles. The number of fused-ring (bicyclic) bond motifs is 1. The van der Waals surface area contributed by atoms with E-state index in [1.165, 1.54) is 6.20 Å². The van der Waals surface area contributed by atoms with Gasteiger partial charge in [-0.25, -0.2) is 9.07 Å². The van der Waals surface area contributed by atoms with Gasteiger partial charge in [-0.15, -0.1) is 5.10 Å². The largest absolute Gasteiger partial charge is 0.383 e. The van der Waals surface area contributed by atoms with Gasteiger partial charge in [0.05, 0.1) is 51.1 Å². The Morgan fingerprint density at radius 3 is 2.46 bits per heavy atom. The summed E-state index contributed by atoms with van der Waals surface area (Å²) in [6.45, 7) is 6.33. The van der Waals surface area contributed by atoms with Gasteiger partial charge in [-0.05, 0) is 48.1 Å². The summed E-state index contributed by atoms with van der Waals surface area (Å²) in [6, 6.07) is 17.4. The van der Waals surface area contributed by atoms with Crippen LogP contribution in [-0.2, 0) is 11.0 Å². The zero-order valence-electron chi connectivity index (χ0n) is 23.5. The molecule has 1 saturated carbocycles. The van der Waals surface area contributed by atoms with Gasteiger partial charge < -0.3 is 10.6 Å². The first kappa shape index (κ1) is 27.6. The predicted molar refractivity (Wildman–Crippen MR) is 156 cm³/mol. The molecule has 0 amide bonds. The van der Waals surface area contributed by atoms with Crippen molar-refractivity contribution in [1.29, 1.82) is 15.8 Å². The Labute approximate surface area is 239 Å². The second kappa shape index (κ2) is 10.2. The highest BCUT2D eigenvalue weighted by molar-refractivity contribution is 6.19. The van der Waals surface area contributed by atoms with Crippen LogP contribution in [0, 0.1) is 39.4 Å². The molecule has 1 atom stereocenters. The van der Waals surface area contributed by atoms with E-state index in [2.05, 4.69) is 64.9 Å². The van der Waals surface area contributed by atoms with Crippen molar-refractivity contribution in [1.82, 2.24) is 20.0 Å². The molecular formula is C30H29BFN9. The molecule has 1 unspecified atom stereocenters. The first-order chi connectivity index (χ1) is 19.6. The number of nitrogens with one attached hydrogen (secondary N) is 2. The van der Waals surface area contributed by atoms with Gasteiger partial charge in [-0.1, -0.05) is 38.1 Å². The molecule has 1 aliphatic carbocycles. The van der Waals surface area contributed by atoms with Gasteiger partial charge in [-0.2, -0.15) is 15.8 Å². The third kappa shape index (κ3) is 5.17. The van der Waals surface area contributed by atoms with Crippen LogP contribution in [0.5, 0.6) is 0 Å². The van der Waals surface area contributed by atoms with Gasteiger partial charge in [0, 0.05) is 23.8 Å². The minimum absolute atomic E-state index is 0.0646. The fourth-order valence-electron chi connectivity index (χ4n) is 4.85. The van der Waals surface area contributed by atoms with E-state index in [1.54, 1.807) is 35.1 Å². The highest BCUT2D eigenvalue weighted by Crippen LogP contribution is 2.44. The summed E-state index contributed by atoms with van der Waals surface area (Å²) >= 11 is 0. The van der Waals surface area contributed by atoms with Crippen LogP contribution in [0.2, 0.25) is 0 Å². The molecule has 9 nitrogen and oxygen atoms in total. The number of nitrogens with zero attached hydrogens (tertiary/aromatic N) is 7. The number of anilines is 2. The number of hydrogen-bond acceptors (Lipinski definition) is 8. The number of halogens is 1. The minimum Gasteiger partial charge on any atom is -0.383 e. The molecule has 2 heterocycles. The zero-order chi connectivity index (χ0) is 29.4. The van der Waals surface area contributed by atoms with Crippen LogP contribution in [0.25, 0.3) is 10.9 Å². The average molecular weight is 545 g/mol. The number of hydrogen-bond donors (Lipinski definition) is 2. The van der Waals surface area contributed by atoms with Gasteiger partial charge in [-0.3, -0.25) is 4.98 Å². The average Bonchev–Trinajstić information content (AvgIpc) is 3.60. The summed E-state index contributed by atoms with van der Waals surface area (Å²) in [5.74, 6) is 0. The topological polar surface area (TPSA) is 139 Å². The van der Waals surface area contributed by atoms with E-state index < -0.39 is 17.7 Å². The summed E-state index contributed by atoms with van der Waals surface area (Å²) in [5, 5.41) is 45.8. The van der Waals surface area contributed by atoms with Crippen molar-refractivity contribution in [2.75, 3.05) is 23.9 Å². The molecular weight excluding hydrogens is 516 g/mol. The van der Waals surface area contributed by atoms with E-state index >= 15 is 0 Å². The Morgan fingerprint density at radius 1 is 1.07 bits per heavy atom. The normalized spacial score (nSPS) is 15.2. The number of pyridine rings is 1. The molecule has 0 bridgehead atoms. The maximum Gasteiger partial charge on any atom is 0.148 e. The van der Waals surface area contributed by atoms with Crippen molar-refractivity contribution in [3.63, 3.8) is 0 Å².